The molecule has 28 heavy (non-hydrogen) atoms. The summed E-state index contributed by atoms with van der Waals surface area (Å²) in [6.45, 7) is 3.64. The van der Waals surface area contributed by atoms with E-state index >= 15 is 0 Å². The summed E-state index contributed by atoms with van der Waals surface area (Å²) in [6.07, 6.45) is 6.46. The van der Waals surface area contributed by atoms with Gasteiger partial charge in [-0.3, -0.25) is 9.48 Å². The summed E-state index contributed by atoms with van der Waals surface area (Å²) in [7, 11) is 3.42. The van der Waals surface area contributed by atoms with Gasteiger partial charge in [0.2, 0.25) is 0 Å². The third kappa shape index (κ3) is 3.23. The van der Waals surface area contributed by atoms with Crippen LogP contribution in [-0.2, 0) is 13.5 Å². The first kappa shape index (κ1) is 18.5. The van der Waals surface area contributed by atoms with Gasteiger partial charge in [-0.25, -0.2) is 4.98 Å². The molecule has 3 heterocycles. The molecule has 1 unspecified atom stereocenters. The molecule has 0 bridgehead atoms. The number of hydrogen-bond donors (Lipinski definition) is 0. The normalized spacial score (nSPS) is 17.1. The number of fused-ring (bicyclic) bond motifs is 1. The van der Waals surface area contributed by atoms with Crippen LogP contribution in [0.4, 0.5) is 0 Å². The number of hydrogen-bond acceptors (Lipinski definition) is 4. The van der Waals surface area contributed by atoms with E-state index in [1.165, 1.54) is 11.1 Å². The second kappa shape index (κ2) is 7.62. The number of likely N-dealkylation sites (tertiary alicyclic amines) is 1. The molecule has 1 saturated heterocycles. The molecule has 0 saturated carbocycles. The summed E-state index contributed by atoms with van der Waals surface area (Å²) in [5.41, 5.74) is 3.86. The van der Waals surface area contributed by atoms with Gasteiger partial charge in [0.15, 0.2) is 5.65 Å². The Hall–Kier alpha value is -2.89. The Kier molecular flexibility index (Phi) is 5.03. The lowest BCUT2D eigenvalue weighted by molar-refractivity contribution is 0.0703. The molecule has 3 aromatic rings. The fourth-order valence-corrected chi connectivity index (χ4v) is 4.08. The molecule has 1 aliphatic rings. The number of ether oxygens (including phenoxy) is 1. The molecule has 2 aromatic heterocycles. The summed E-state index contributed by atoms with van der Waals surface area (Å²) < 4.78 is 7.26. The lowest BCUT2D eigenvalue weighted by Crippen LogP contribution is -2.39. The first-order valence-electron chi connectivity index (χ1n) is 9.85. The lowest BCUT2D eigenvalue weighted by Gasteiger charge is -2.33. The fourth-order valence-electron chi connectivity index (χ4n) is 4.08. The van der Waals surface area contributed by atoms with Crippen LogP contribution in [0.25, 0.3) is 11.0 Å². The standard InChI is InChI=1S/C22H26N4O2/c1-4-15-7-9-16(10-8-15)17-6-5-11-26(14-17)22(27)19-12-23-21-18(20(19)28-3)13-24-25(21)2/h7-10,12-13,17H,4-6,11,14H2,1-3H3. The molecular formula is C22H26N4O2. The van der Waals surface area contributed by atoms with Crippen LogP contribution in [0.2, 0.25) is 0 Å². The summed E-state index contributed by atoms with van der Waals surface area (Å²) >= 11 is 0. The van der Waals surface area contributed by atoms with E-state index in [1.807, 2.05) is 11.9 Å². The van der Waals surface area contributed by atoms with Gasteiger partial charge in [-0.2, -0.15) is 5.10 Å². The number of carbonyl (C=O) groups is 1. The summed E-state index contributed by atoms with van der Waals surface area (Å²) in [6, 6.07) is 8.81. The van der Waals surface area contributed by atoms with Crippen molar-refractivity contribution < 1.29 is 9.53 Å². The lowest BCUT2D eigenvalue weighted by atomic mass is 9.89. The number of piperidine rings is 1. The minimum absolute atomic E-state index is 0.0232. The second-order valence-corrected chi connectivity index (χ2v) is 7.40. The van der Waals surface area contributed by atoms with Gasteiger partial charge in [-0.05, 0) is 30.4 Å². The zero-order valence-electron chi connectivity index (χ0n) is 16.7. The van der Waals surface area contributed by atoms with Crippen molar-refractivity contribution in [2.45, 2.75) is 32.1 Å². The Bertz CT molecular complexity index is 994. The third-order valence-corrected chi connectivity index (χ3v) is 5.72. The summed E-state index contributed by atoms with van der Waals surface area (Å²) in [5.74, 6) is 0.896. The maximum absolute atomic E-state index is 13.3. The van der Waals surface area contributed by atoms with E-state index in [-0.39, 0.29) is 5.91 Å². The molecule has 1 aromatic carbocycles. The molecule has 1 aliphatic heterocycles. The predicted molar refractivity (Wildman–Crippen MR) is 109 cm³/mol. The second-order valence-electron chi connectivity index (χ2n) is 7.40. The van der Waals surface area contributed by atoms with Crippen LogP contribution < -0.4 is 4.74 Å². The summed E-state index contributed by atoms with van der Waals surface area (Å²) in [4.78, 5) is 19.7. The van der Waals surface area contributed by atoms with Crippen LogP contribution in [0.3, 0.4) is 0 Å². The van der Waals surface area contributed by atoms with E-state index in [4.69, 9.17) is 4.74 Å². The average Bonchev–Trinajstić information content (AvgIpc) is 3.13. The third-order valence-electron chi connectivity index (χ3n) is 5.72. The zero-order valence-corrected chi connectivity index (χ0v) is 16.7. The Labute approximate surface area is 165 Å². The van der Waals surface area contributed by atoms with Gasteiger partial charge in [0.1, 0.15) is 11.3 Å². The van der Waals surface area contributed by atoms with Crippen molar-refractivity contribution >= 4 is 16.9 Å². The number of aryl methyl sites for hydroxylation is 2. The average molecular weight is 378 g/mol. The van der Waals surface area contributed by atoms with Crippen LogP contribution >= 0.6 is 0 Å². The first-order valence-corrected chi connectivity index (χ1v) is 9.85. The van der Waals surface area contributed by atoms with E-state index in [1.54, 1.807) is 24.2 Å². The van der Waals surface area contributed by atoms with Gasteiger partial charge < -0.3 is 9.64 Å². The van der Waals surface area contributed by atoms with Crippen molar-refractivity contribution in [3.8, 4) is 5.75 Å². The molecule has 0 aliphatic carbocycles. The fraction of sp³-hybridized carbons (Fsp3) is 0.409. The Morgan fingerprint density at radius 3 is 2.75 bits per heavy atom. The molecule has 146 valence electrons. The van der Waals surface area contributed by atoms with Crippen molar-refractivity contribution in [2.75, 3.05) is 20.2 Å². The van der Waals surface area contributed by atoms with Crippen LogP contribution in [0.15, 0.2) is 36.7 Å². The van der Waals surface area contributed by atoms with E-state index in [0.717, 1.165) is 37.7 Å². The molecule has 0 radical (unpaired) electrons. The van der Waals surface area contributed by atoms with E-state index in [2.05, 4.69) is 41.3 Å². The molecule has 1 fully saturated rings. The Morgan fingerprint density at radius 2 is 2.04 bits per heavy atom. The van der Waals surface area contributed by atoms with Crippen LogP contribution in [0.5, 0.6) is 5.75 Å². The van der Waals surface area contributed by atoms with Crippen molar-refractivity contribution in [3.05, 3.63) is 53.3 Å². The molecule has 0 N–H and O–H groups in total. The minimum atomic E-state index is -0.0232. The van der Waals surface area contributed by atoms with Gasteiger partial charge in [-0.1, -0.05) is 31.2 Å². The summed E-state index contributed by atoms with van der Waals surface area (Å²) in [5, 5.41) is 5.00. The smallest absolute Gasteiger partial charge is 0.259 e. The number of pyridine rings is 1. The molecule has 1 amide bonds. The number of rotatable bonds is 4. The number of aromatic nitrogens is 3. The maximum atomic E-state index is 13.3. The minimum Gasteiger partial charge on any atom is -0.495 e. The van der Waals surface area contributed by atoms with Crippen LogP contribution in [0, 0.1) is 0 Å². The Morgan fingerprint density at radius 1 is 1.25 bits per heavy atom. The maximum Gasteiger partial charge on any atom is 0.259 e. The van der Waals surface area contributed by atoms with Crippen molar-refractivity contribution in [1.82, 2.24) is 19.7 Å². The van der Waals surface area contributed by atoms with Gasteiger partial charge >= 0.3 is 0 Å². The van der Waals surface area contributed by atoms with E-state index in [0.29, 0.717) is 22.9 Å². The quantitative estimate of drug-likeness (QED) is 0.696. The molecular weight excluding hydrogens is 352 g/mol. The highest BCUT2D eigenvalue weighted by atomic mass is 16.5. The van der Waals surface area contributed by atoms with Crippen molar-refractivity contribution in [1.29, 1.82) is 0 Å². The SMILES string of the molecule is CCc1ccc(C2CCCN(C(=O)c3cnc4c(cnn4C)c3OC)C2)cc1. The van der Waals surface area contributed by atoms with E-state index < -0.39 is 0 Å². The number of nitrogens with zero attached hydrogens (tertiary/aromatic N) is 4. The Balaban J connectivity index is 1.60. The number of carbonyl (C=O) groups excluding carboxylic acids is 1. The van der Waals surface area contributed by atoms with Gasteiger partial charge in [0.25, 0.3) is 5.91 Å². The monoisotopic (exact) mass is 378 g/mol. The van der Waals surface area contributed by atoms with Gasteiger partial charge in [0.05, 0.1) is 18.7 Å². The number of methoxy groups -OCH3 is 1. The topological polar surface area (TPSA) is 60.2 Å². The van der Waals surface area contributed by atoms with Gasteiger partial charge in [0, 0.05) is 32.3 Å². The van der Waals surface area contributed by atoms with E-state index in [9.17, 15) is 4.79 Å². The van der Waals surface area contributed by atoms with Gasteiger partial charge in [-0.15, -0.1) is 0 Å². The number of amides is 1. The highest BCUT2D eigenvalue weighted by Gasteiger charge is 2.28. The highest BCUT2D eigenvalue weighted by Crippen LogP contribution is 2.32. The van der Waals surface area contributed by atoms with Crippen LogP contribution in [-0.4, -0.2) is 45.8 Å². The zero-order chi connectivity index (χ0) is 19.7. The van der Waals surface area contributed by atoms with Crippen molar-refractivity contribution in [2.24, 2.45) is 7.05 Å². The largest absolute Gasteiger partial charge is 0.495 e. The molecule has 1 atom stereocenters. The van der Waals surface area contributed by atoms with Crippen molar-refractivity contribution in [3.63, 3.8) is 0 Å². The first-order chi connectivity index (χ1) is 13.6. The molecule has 6 nitrogen and oxygen atoms in total. The molecule has 6 heteroatoms. The predicted octanol–water partition coefficient (Wildman–Crippen LogP) is 3.56. The molecule has 0 spiro atoms. The number of benzene rings is 1. The van der Waals surface area contributed by atoms with Crippen LogP contribution in [0.1, 0.15) is 47.2 Å². The highest BCUT2D eigenvalue weighted by molar-refractivity contribution is 6.01. The molecule has 4 rings (SSSR count).